The average molecular weight is 280 g/mol. The highest BCUT2D eigenvalue weighted by atomic mass is 16.4. The molecule has 3 rings (SSSR count). The zero-order valence-electron chi connectivity index (χ0n) is 10.6. The lowest BCUT2D eigenvalue weighted by Crippen LogP contribution is -2.05. The van der Waals surface area contributed by atoms with Gasteiger partial charge in [-0.3, -0.25) is 14.4 Å². The molecule has 0 radical (unpaired) electrons. The number of rotatable bonds is 4. The maximum absolute atomic E-state index is 11.4. The lowest BCUT2D eigenvalue weighted by atomic mass is 9.93. The highest BCUT2D eigenvalue weighted by Crippen LogP contribution is 2.42. The first kappa shape index (κ1) is 12.9. The molecule has 1 aliphatic rings. The minimum atomic E-state index is -1.26. The van der Waals surface area contributed by atoms with Crippen LogP contribution in [0.4, 0.5) is 0 Å². The normalized spacial score (nSPS) is 12.6. The first-order valence-corrected chi connectivity index (χ1v) is 6.07. The van der Waals surface area contributed by atoms with Crippen LogP contribution in [-0.2, 0) is 9.59 Å². The summed E-state index contributed by atoms with van der Waals surface area (Å²) >= 11 is 0. The van der Waals surface area contributed by atoms with Gasteiger partial charge in [-0.05, 0) is 22.4 Å². The van der Waals surface area contributed by atoms with Gasteiger partial charge in [0.25, 0.3) is 0 Å². The summed E-state index contributed by atoms with van der Waals surface area (Å²) in [5, 5.41) is 10.4. The maximum Gasteiger partial charge on any atom is 0.336 e. The summed E-state index contributed by atoms with van der Waals surface area (Å²) in [5.74, 6) is -1.26. The van der Waals surface area contributed by atoms with Crippen molar-refractivity contribution in [1.29, 1.82) is 0 Å². The third-order valence-electron chi connectivity index (χ3n) is 3.64. The van der Waals surface area contributed by atoms with Crippen LogP contribution in [0.25, 0.3) is 21.9 Å². The minimum Gasteiger partial charge on any atom is -0.478 e. The van der Waals surface area contributed by atoms with Gasteiger partial charge in [0.05, 0.1) is 5.56 Å². The Balaban J connectivity index is 2.60. The van der Waals surface area contributed by atoms with Crippen molar-refractivity contribution in [2.24, 2.45) is 0 Å². The Bertz CT molecular complexity index is 874. The molecular weight excluding hydrogens is 272 g/mol. The summed E-state index contributed by atoms with van der Waals surface area (Å²) in [6, 6.07) is 6.40. The fraction of sp³-hybridized carbons (Fsp3) is 0. The second kappa shape index (κ2) is 4.49. The van der Waals surface area contributed by atoms with Gasteiger partial charge < -0.3 is 5.11 Å². The Hall–Kier alpha value is -3.08. The monoisotopic (exact) mass is 280 g/mol. The quantitative estimate of drug-likeness (QED) is 0.865. The summed E-state index contributed by atoms with van der Waals surface area (Å²) in [6.45, 7) is 0. The molecule has 0 unspecified atom stereocenters. The van der Waals surface area contributed by atoms with Crippen molar-refractivity contribution in [3.05, 3.63) is 46.5 Å². The van der Waals surface area contributed by atoms with E-state index in [-0.39, 0.29) is 27.8 Å². The van der Waals surface area contributed by atoms with E-state index in [0.29, 0.717) is 35.2 Å². The first-order valence-electron chi connectivity index (χ1n) is 6.07. The Labute approximate surface area is 118 Å². The van der Waals surface area contributed by atoms with Crippen LogP contribution < -0.4 is 0 Å². The number of carbonyl (C=O) groups excluding carboxylic acids is 3. The standard InChI is InChI=1S/C16H8O5/c17-5-11-9-3-1-2-8-4-10(16(20)21)12(6-18)15(14(8)9)13(11)7-19/h1-7H,(H,20,21). The molecule has 102 valence electrons. The molecule has 5 heteroatoms. The molecule has 5 nitrogen and oxygen atoms in total. The number of aldehydes is 3. The molecule has 0 atom stereocenters. The van der Waals surface area contributed by atoms with Crippen LogP contribution in [0.3, 0.4) is 0 Å². The van der Waals surface area contributed by atoms with Gasteiger partial charge in [0.15, 0.2) is 18.9 Å². The smallest absolute Gasteiger partial charge is 0.336 e. The molecule has 0 saturated heterocycles. The topological polar surface area (TPSA) is 88.5 Å². The minimum absolute atomic E-state index is 0.0569. The van der Waals surface area contributed by atoms with Crippen LogP contribution in [0, 0.1) is 0 Å². The highest BCUT2D eigenvalue weighted by Gasteiger charge is 2.29. The number of carboxylic acid groups (broad SMARTS) is 1. The van der Waals surface area contributed by atoms with Crippen molar-refractivity contribution < 1.29 is 24.3 Å². The van der Waals surface area contributed by atoms with Gasteiger partial charge >= 0.3 is 5.97 Å². The third kappa shape index (κ3) is 1.57. The zero-order chi connectivity index (χ0) is 15.1. The Kier molecular flexibility index (Phi) is 2.76. The maximum atomic E-state index is 11.4. The van der Waals surface area contributed by atoms with Crippen molar-refractivity contribution in [3.63, 3.8) is 0 Å². The largest absolute Gasteiger partial charge is 0.478 e. The predicted octanol–water partition coefficient (Wildman–Crippen LogP) is 1.97. The number of hydrogen-bond acceptors (Lipinski definition) is 4. The molecule has 2 aromatic rings. The zero-order valence-corrected chi connectivity index (χ0v) is 10.6. The molecule has 21 heavy (non-hydrogen) atoms. The van der Waals surface area contributed by atoms with Crippen LogP contribution in [0.5, 0.6) is 0 Å². The molecule has 0 aliphatic heterocycles. The first-order chi connectivity index (χ1) is 10.1. The van der Waals surface area contributed by atoms with E-state index in [2.05, 4.69) is 0 Å². The van der Waals surface area contributed by atoms with Gasteiger partial charge in [-0.1, -0.05) is 18.2 Å². The van der Waals surface area contributed by atoms with Gasteiger partial charge in [0.1, 0.15) is 0 Å². The van der Waals surface area contributed by atoms with Crippen LogP contribution in [0.15, 0.2) is 24.3 Å². The van der Waals surface area contributed by atoms with Gasteiger partial charge in [-0.25, -0.2) is 4.79 Å². The van der Waals surface area contributed by atoms with Crippen molar-refractivity contribution in [2.75, 3.05) is 0 Å². The second-order valence-electron chi connectivity index (χ2n) is 4.60. The second-order valence-corrected chi connectivity index (χ2v) is 4.60. The molecule has 0 amide bonds. The summed E-state index contributed by atoms with van der Waals surface area (Å²) in [6.07, 6.45) is 1.44. The van der Waals surface area contributed by atoms with Gasteiger partial charge in [-0.15, -0.1) is 0 Å². The van der Waals surface area contributed by atoms with E-state index in [4.69, 9.17) is 0 Å². The summed E-state index contributed by atoms with van der Waals surface area (Å²) in [7, 11) is 0. The molecule has 2 aromatic carbocycles. The molecule has 0 fully saturated rings. The van der Waals surface area contributed by atoms with Gasteiger partial charge in [0.2, 0.25) is 0 Å². The lowest BCUT2D eigenvalue weighted by Gasteiger charge is -2.09. The van der Waals surface area contributed by atoms with E-state index in [1.807, 2.05) is 0 Å². The van der Waals surface area contributed by atoms with E-state index in [1.54, 1.807) is 18.2 Å². The molecule has 0 bridgehead atoms. The Morgan fingerprint density at radius 2 is 1.71 bits per heavy atom. The number of aromatic carboxylic acids is 1. The SMILES string of the molecule is O=CC1=C(C=O)c2c(C=O)c(C(=O)O)cc3cccc1c23. The van der Waals surface area contributed by atoms with E-state index in [9.17, 15) is 24.3 Å². The molecule has 1 aliphatic carbocycles. The van der Waals surface area contributed by atoms with Crippen LogP contribution in [0.1, 0.15) is 31.8 Å². The molecule has 0 saturated carbocycles. The van der Waals surface area contributed by atoms with Crippen molar-refractivity contribution in [3.8, 4) is 0 Å². The molecule has 0 heterocycles. The number of allylic oxidation sites excluding steroid dienone is 2. The van der Waals surface area contributed by atoms with Gasteiger partial charge in [-0.2, -0.15) is 0 Å². The summed E-state index contributed by atoms with van der Waals surface area (Å²) in [5.41, 5.74) is 0.738. The fourth-order valence-electron chi connectivity index (χ4n) is 2.80. The highest BCUT2D eigenvalue weighted by molar-refractivity contribution is 6.39. The summed E-state index contributed by atoms with van der Waals surface area (Å²) < 4.78 is 0. The number of carboxylic acids is 1. The predicted molar refractivity (Wildman–Crippen MR) is 75.2 cm³/mol. The summed E-state index contributed by atoms with van der Waals surface area (Å²) in [4.78, 5) is 45.3. The van der Waals surface area contributed by atoms with E-state index < -0.39 is 5.97 Å². The van der Waals surface area contributed by atoms with E-state index in [0.717, 1.165) is 0 Å². The van der Waals surface area contributed by atoms with Crippen LogP contribution in [0.2, 0.25) is 0 Å². The van der Waals surface area contributed by atoms with Crippen LogP contribution >= 0.6 is 0 Å². The Morgan fingerprint density at radius 3 is 2.29 bits per heavy atom. The number of carbonyl (C=O) groups is 4. The molecular formula is C16H8O5. The Morgan fingerprint density at radius 1 is 1.00 bits per heavy atom. The van der Waals surface area contributed by atoms with Gasteiger partial charge in [0, 0.05) is 22.3 Å². The van der Waals surface area contributed by atoms with E-state index in [1.165, 1.54) is 6.07 Å². The third-order valence-corrected chi connectivity index (χ3v) is 3.64. The molecule has 0 aromatic heterocycles. The van der Waals surface area contributed by atoms with E-state index >= 15 is 0 Å². The fourth-order valence-corrected chi connectivity index (χ4v) is 2.80. The van der Waals surface area contributed by atoms with Crippen molar-refractivity contribution >= 4 is 46.7 Å². The van der Waals surface area contributed by atoms with Crippen LogP contribution in [-0.4, -0.2) is 29.9 Å². The lowest BCUT2D eigenvalue weighted by molar-refractivity contribution is -0.104. The number of hydrogen-bond donors (Lipinski definition) is 1. The number of benzene rings is 2. The van der Waals surface area contributed by atoms with Crippen molar-refractivity contribution in [1.82, 2.24) is 0 Å². The molecule has 0 spiro atoms. The average Bonchev–Trinajstić information content (AvgIpc) is 2.82. The van der Waals surface area contributed by atoms with Crippen molar-refractivity contribution in [2.45, 2.75) is 0 Å². The molecule has 1 N–H and O–H groups in total.